The van der Waals surface area contributed by atoms with Gasteiger partial charge in [0, 0.05) is 10.6 Å². The summed E-state index contributed by atoms with van der Waals surface area (Å²) in [6, 6.07) is 3.87. The third-order valence-corrected chi connectivity index (χ3v) is 3.80. The highest BCUT2D eigenvalue weighted by Crippen LogP contribution is 2.19. The van der Waals surface area contributed by atoms with Gasteiger partial charge in [-0.05, 0) is 12.1 Å². The Bertz CT molecular complexity index is 669. The average molecular weight is 358 g/mol. The first-order valence-electron chi connectivity index (χ1n) is 6.65. The van der Waals surface area contributed by atoms with Crippen molar-refractivity contribution in [1.29, 1.82) is 0 Å². The number of hydrogen-bond acceptors (Lipinski definition) is 7. The van der Waals surface area contributed by atoms with E-state index < -0.39 is 30.4 Å². The van der Waals surface area contributed by atoms with Crippen molar-refractivity contribution in [2.75, 3.05) is 0 Å². The summed E-state index contributed by atoms with van der Waals surface area (Å²) in [5.74, 6) is -0.423. The van der Waals surface area contributed by atoms with E-state index in [0.29, 0.717) is 15.6 Å². The first-order valence-corrected chi connectivity index (χ1v) is 7.40. The van der Waals surface area contributed by atoms with Gasteiger partial charge in [0.05, 0.1) is 11.2 Å². The van der Waals surface area contributed by atoms with Crippen molar-refractivity contribution in [2.24, 2.45) is 5.10 Å². The molecule has 2 aliphatic rings. The number of carbonyl (C=O) groups is 2. The molecule has 9 nitrogen and oxygen atoms in total. The molecule has 23 heavy (non-hydrogen) atoms. The number of hydrogen-bond donors (Lipinski definition) is 6. The van der Waals surface area contributed by atoms with Gasteiger partial charge < -0.3 is 5.32 Å². The summed E-state index contributed by atoms with van der Waals surface area (Å²) in [5, 5.41) is 12.8. The number of halogens is 2. The van der Waals surface area contributed by atoms with Gasteiger partial charge in [-0.3, -0.25) is 20.9 Å². The summed E-state index contributed by atoms with van der Waals surface area (Å²) in [5.41, 5.74) is 9.09. The van der Waals surface area contributed by atoms with E-state index in [9.17, 15) is 9.59 Å². The van der Waals surface area contributed by atoms with Crippen LogP contribution in [0.15, 0.2) is 23.3 Å². The van der Waals surface area contributed by atoms with Crippen LogP contribution in [0.5, 0.6) is 0 Å². The van der Waals surface area contributed by atoms with Gasteiger partial charge in [0.25, 0.3) is 0 Å². The Hall–Kier alpha value is -1.91. The number of benzene rings is 1. The maximum absolute atomic E-state index is 11.6. The standard InChI is InChI=1S/C12H13Cl2N7O2/c13-6-2-1-5(7(14)3-6)4-15-20-11-16-9-8(19-21-11)10(22)18-12(23)17-9/h1-4,8-9,11,16,19-21H,(H2,17,18,22,23)/b15-4-. The zero-order valence-electron chi connectivity index (χ0n) is 11.6. The van der Waals surface area contributed by atoms with Crippen LogP contribution in [0.2, 0.25) is 10.0 Å². The van der Waals surface area contributed by atoms with Crippen LogP contribution in [0.3, 0.4) is 0 Å². The molecule has 0 saturated carbocycles. The fraction of sp³-hybridized carbons (Fsp3) is 0.250. The number of amides is 3. The molecule has 0 aliphatic carbocycles. The fourth-order valence-corrected chi connectivity index (χ4v) is 2.60. The molecule has 3 atom stereocenters. The van der Waals surface area contributed by atoms with Crippen LogP contribution < -0.4 is 32.2 Å². The number of nitrogens with zero attached hydrogens (tertiary/aromatic N) is 1. The lowest BCUT2D eigenvalue weighted by atomic mass is 10.1. The van der Waals surface area contributed by atoms with Gasteiger partial charge in [-0.2, -0.15) is 5.10 Å². The summed E-state index contributed by atoms with van der Waals surface area (Å²) in [7, 11) is 0. The first kappa shape index (κ1) is 16.0. The number of urea groups is 1. The second kappa shape index (κ2) is 6.69. The van der Waals surface area contributed by atoms with Crippen molar-refractivity contribution in [3.63, 3.8) is 0 Å². The minimum atomic E-state index is -0.625. The number of rotatable bonds is 3. The van der Waals surface area contributed by atoms with E-state index >= 15 is 0 Å². The molecular weight excluding hydrogens is 345 g/mol. The van der Waals surface area contributed by atoms with Crippen molar-refractivity contribution in [3.8, 4) is 0 Å². The Labute approximate surface area is 141 Å². The van der Waals surface area contributed by atoms with Crippen molar-refractivity contribution < 1.29 is 9.59 Å². The number of hydrazone groups is 1. The molecule has 0 aromatic heterocycles. The molecule has 1 aromatic rings. The first-order chi connectivity index (χ1) is 11.0. The van der Waals surface area contributed by atoms with Crippen LogP contribution in [-0.2, 0) is 4.79 Å². The van der Waals surface area contributed by atoms with E-state index in [2.05, 4.69) is 37.3 Å². The molecule has 2 aliphatic heterocycles. The molecule has 3 amide bonds. The zero-order chi connectivity index (χ0) is 16.4. The SMILES string of the molecule is O=C1NC(=O)C2NNC(N/N=C\c3ccc(Cl)cc3Cl)NC2N1. The van der Waals surface area contributed by atoms with Gasteiger partial charge in [0.1, 0.15) is 12.2 Å². The highest BCUT2D eigenvalue weighted by atomic mass is 35.5. The van der Waals surface area contributed by atoms with Gasteiger partial charge in [0.2, 0.25) is 5.91 Å². The molecule has 11 heteroatoms. The highest BCUT2D eigenvalue weighted by Gasteiger charge is 2.39. The largest absolute Gasteiger partial charge is 0.322 e. The molecule has 122 valence electrons. The molecule has 3 rings (SSSR count). The minimum Gasteiger partial charge on any atom is -0.320 e. The molecule has 0 bridgehead atoms. The van der Waals surface area contributed by atoms with Gasteiger partial charge in [-0.25, -0.2) is 15.6 Å². The Balaban J connectivity index is 1.58. The lowest BCUT2D eigenvalue weighted by molar-refractivity contribution is -0.125. The van der Waals surface area contributed by atoms with Crippen molar-refractivity contribution in [2.45, 2.75) is 18.5 Å². The highest BCUT2D eigenvalue weighted by molar-refractivity contribution is 6.36. The molecule has 0 radical (unpaired) electrons. The van der Waals surface area contributed by atoms with E-state index in [-0.39, 0.29) is 0 Å². The maximum atomic E-state index is 11.6. The molecule has 2 saturated heterocycles. The van der Waals surface area contributed by atoms with Crippen LogP contribution in [0.25, 0.3) is 0 Å². The number of hydrazine groups is 1. The smallest absolute Gasteiger partial charge is 0.320 e. The lowest BCUT2D eigenvalue weighted by Crippen LogP contribution is -2.80. The molecule has 6 N–H and O–H groups in total. The molecular formula is C12H13Cl2N7O2. The molecule has 2 fully saturated rings. The molecule has 3 unspecified atom stereocenters. The number of fused-ring (bicyclic) bond motifs is 1. The monoisotopic (exact) mass is 357 g/mol. The second-order valence-corrected chi connectivity index (χ2v) is 5.70. The van der Waals surface area contributed by atoms with Gasteiger partial charge in [-0.15, -0.1) is 0 Å². The van der Waals surface area contributed by atoms with E-state index in [1.54, 1.807) is 18.2 Å². The fourth-order valence-electron chi connectivity index (χ4n) is 2.14. The third kappa shape index (κ3) is 3.71. The normalized spacial score (nSPS) is 27.3. The average Bonchev–Trinajstić information content (AvgIpc) is 2.49. The third-order valence-electron chi connectivity index (χ3n) is 3.24. The quantitative estimate of drug-likeness (QED) is 0.318. The van der Waals surface area contributed by atoms with Gasteiger partial charge in [-0.1, -0.05) is 29.3 Å². The van der Waals surface area contributed by atoms with Crippen LogP contribution in [0.1, 0.15) is 5.56 Å². The summed E-state index contributed by atoms with van der Waals surface area (Å²) in [4.78, 5) is 22.9. The molecule has 2 heterocycles. The van der Waals surface area contributed by atoms with Crippen molar-refractivity contribution in [1.82, 2.24) is 32.2 Å². The van der Waals surface area contributed by atoms with Crippen LogP contribution in [0.4, 0.5) is 4.79 Å². The number of carbonyl (C=O) groups excluding carboxylic acids is 2. The predicted octanol–water partition coefficient (Wildman–Crippen LogP) is -0.568. The van der Waals surface area contributed by atoms with Crippen molar-refractivity contribution >= 4 is 41.4 Å². The summed E-state index contributed by atoms with van der Waals surface area (Å²) >= 11 is 11.9. The number of nitrogens with one attached hydrogen (secondary N) is 6. The summed E-state index contributed by atoms with van der Waals surface area (Å²) < 4.78 is 0. The van der Waals surface area contributed by atoms with E-state index in [1.807, 2.05) is 0 Å². The Morgan fingerprint density at radius 2 is 2.04 bits per heavy atom. The minimum absolute atomic E-state index is 0.423. The van der Waals surface area contributed by atoms with Gasteiger partial charge >= 0.3 is 6.03 Å². The van der Waals surface area contributed by atoms with Crippen LogP contribution >= 0.6 is 23.2 Å². The van der Waals surface area contributed by atoms with Crippen molar-refractivity contribution in [3.05, 3.63) is 33.8 Å². The maximum Gasteiger partial charge on any atom is 0.322 e. The summed E-state index contributed by atoms with van der Waals surface area (Å²) in [6.07, 6.45) is 0.453. The molecule has 1 aromatic carbocycles. The topological polar surface area (TPSA) is 119 Å². The summed E-state index contributed by atoms with van der Waals surface area (Å²) in [6.45, 7) is 0. The zero-order valence-corrected chi connectivity index (χ0v) is 13.1. The van der Waals surface area contributed by atoms with E-state index in [1.165, 1.54) is 6.21 Å². The van der Waals surface area contributed by atoms with Gasteiger partial charge in [0.15, 0.2) is 6.29 Å². The van der Waals surface area contributed by atoms with E-state index in [4.69, 9.17) is 23.2 Å². The second-order valence-electron chi connectivity index (χ2n) is 4.86. The molecule has 0 spiro atoms. The lowest BCUT2D eigenvalue weighted by Gasteiger charge is -2.40. The number of imide groups is 1. The van der Waals surface area contributed by atoms with E-state index in [0.717, 1.165) is 0 Å². The van der Waals surface area contributed by atoms with Crippen LogP contribution in [0, 0.1) is 0 Å². The predicted molar refractivity (Wildman–Crippen MR) is 84.6 cm³/mol. The Morgan fingerprint density at radius 1 is 1.22 bits per heavy atom. The Morgan fingerprint density at radius 3 is 2.83 bits per heavy atom. The van der Waals surface area contributed by atoms with Crippen LogP contribution in [-0.4, -0.2) is 36.7 Å². The Kier molecular flexibility index (Phi) is 4.64.